The molecule has 0 saturated carbocycles. The summed E-state index contributed by atoms with van der Waals surface area (Å²) in [6, 6.07) is 7.36. The number of hydrogen-bond donors (Lipinski definition) is 2. The molecule has 11 nitrogen and oxygen atoms in total. The van der Waals surface area contributed by atoms with Crippen molar-refractivity contribution >= 4 is 28.8 Å². The lowest BCUT2D eigenvalue weighted by atomic mass is 10.2. The molecule has 5 rings (SSSR count). The quantitative estimate of drug-likeness (QED) is 0.512. The Morgan fingerprint density at radius 2 is 1.86 bits per heavy atom. The molecule has 0 aliphatic carbocycles. The van der Waals surface area contributed by atoms with Gasteiger partial charge >= 0.3 is 5.56 Å². The Labute approximate surface area is 211 Å². The first-order valence-electron chi connectivity index (χ1n) is 12.0. The number of likely N-dealkylation sites (N-methyl/N-ethyl adjacent to an activating group) is 1. The molecule has 0 atom stereocenters. The van der Waals surface area contributed by atoms with Crippen LogP contribution in [0.2, 0.25) is 0 Å². The number of carbonyl (C=O) groups excluding carboxylic acids is 2. The molecular formula is C25H27FN6O5. The van der Waals surface area contributed by atoms with Crippen molar-refractivity contribution in [2.75, 3.05) is 62.8 Å². The third-order valence-corrected chi connectivity index (χ3v) is 6.53. The summed E-state index contributed by atoms with van der Waals surface area (Å²) in [5.41, 5.74) is 0.500. The van der Waals surface area contributed by atoms with Crippen LogP contribution in [0.25, 0.3) is 5.65 Å². The van der Waals surface area contributed by atoms with E-state index in [2.05, 4.69) is 10.3 Å². The van der Waals surface area contributed by atoms with Crippen molar-refractivity contribution in [1.29, 1.82) is 0 Å². The highest BCUT2D eigenvalue weighted by molar-refractivity contribution is 6.00. The van der Waals surface area contributed by atoms with Crippen molar-refractivity contribution in [3.63, 3.8) is 0 Å². The molecule has 2 saturated heterocycles. The minimum atomic E-state index is -0.824. The van der Waals surface area contributed by atoms with Gasteiger partial charge in [0.1, 0.15) is 5.82 Å². The number of anilines is 2. The molecule has 2 aromatic heterocycles. The number of pyridine rings is 1. The van der Waals surface area contributed by atoms with E-state index in [1.807, 2.05) is 16.8 Å². The van der Waals surface area contributed by atoms with E-state index >= 15 is 0 Å². The number of nitrogens with one attached hydrogen (secondary N) is 1. The second-order valence-electron chi connectivity index (χ2n) is 9.08. The van der Waals surface area contributed by atoms with E-state index in [1.54, 1.807) is 17.2 Å². The number of amides is 2. The molecule has 2 fully saturated rings. The van der Waals surface area contributed by atoms with Crippen LogP contribution in [0.4, 0.5) is 15.8 Å². The predicted octanol–water partition coefficient (Wildman–Crippen LogP) is 0.584. The summed E-state index contributed by atoms with van der Waals surface area (Å²) in [6.45, 7) is 3.46. The van der Waals surface area contributed by atoms with Crippen LogP contribution in [0.1, 0.15) is 16.1 Å². The Kier molecular flexibility index (Phi) is 6.76. The Bertz CT molecular complexity index is 1400. The van der Waals surface area contributed by atoms with Gasteiger partial charge in [-0.1, -0.05) is 12.1 Å². The van der Waals surface area contributed by atoms with Gasteiger partial charge in [0, 0.05) is 38.9 Å². The largest absolute Gasteiger partial charge is 0.501 e. The van der Waals surface area contributed by atoms with Gasteiger partial charge in [0.2, 0.25) is 11.7 Å². The van der Waals surface area contributed by atoms with E-state index in [1.165, 1.54) is 28.7 Å². The van der Waals surface area contributed by atoms with Crippen LogP contribution >= 0.6 is 0 Å². The van der Waals surface area contributed by atoms with Gasteiger partial charge in [0.05, 0.1) is 31.1 Å². The summed E-state index contributed by atoms with van der Waals surface area (Å²) < 4.78 is 19.8. The van der Waals surface area contributed by atoms with Crippen LogP contribution in [0.3, 0.4) is 0 Å². The van der Waals surface area contributed by atoms with E-state index < -0.39 is 28.7 Å². The Balaban J connectivity index is 1.57. The Morgan fingerprint density at radius 3 is 2.57 bits per heavy atom. The summed E-state index contributed by atoms with van der Waals surface area (Å²) in [5.74, 6) is -2.14. The smallest absolute Gasteiger partial charge is 0.301 e. The molecular weight excluding hydrogens is 483 g/mol. The van der Waals surface area contributed by atoms with Crippen molar-refractivity contribution in [2.45, 2.75) is 6.54 Å². The van der Waals surface area contributed by atoms with Crippen molar-refractivity contribution in [2.24, 2.45) is 0 Å². The number of aromatic hydroxyl groups is 1. The highest BCUT2D eigenvalue weighted by Gasteiger charge is 2.28. The average Bonchev–Trinajstić information content (AvgIpc) is 2.90. The predicted molar refractivity (Wildman–Crippen MR) is 134 cm³/mol. The molecule has 194 valence electrons. The lowest BCUT2D eigenvalue weighted by molar-refractivity contribution is -0.120. The molecule has 3 aromatic rings. The number of nitrogens with zero attached hydrogens (tertiary/aromatic N) is 5. The average molecular weight is 511 g/mol. The summed E-state index contributed by atoms with van der Waals surface area (Å²) in [6.07, 6.45) is 1.56. The standard InChI is InChI=1S/C25H27FN6O5/c1-29-6-7-31(20(33)15-29)19-12-18(30-8-10-37-11-9-30)14-32-23(19)28-21(22(34)25(32)36)24(35)27-13-16-2-4-17(26)5-3-16/h2-5,12,14,34H,6-11,13,15H2,1H3,(H,27,35). The number of fused-ring (bicyclic) bond motifs is 1. The summed E-state index contributed by atoms with van der Waals surface area (Å²) in [5, 5.41) is 13.3. The van der Waals surface area contributed by atoms with Gasteiger partial charge in [-0.05, 0) is 30.8 Å². The number of morpholine rings is 1. The number of ether oxygens (including phenoxy) is 1. The van der Waals surface area contributed by atoms with Gasteiger partial charge in [-0.3, -0.25) is 23.7 Å². The topological polar surface area (TPSA) is 120 Å². The van der Waals surface area contributed by atoms with Crippen LogP contribution in [0, 0.1) is 5.82 Å². The molecule has 0 bridgehead atoms. The van der Waals surface area contributed by atoms with Gasteiger partial charge in [-0.25, -0.2) is 9.37 Å². The zero-order valence-corrected chi connectivity index (χ0v) is 20.3. The summed E-state index contributed by atoms with van der Waals surface area (Å²) in [7, 11) is 1.85. The lowest BCUT2D eigenvalue weighted by Gasteiger charge is -2.34. The van der Waals surface area contributed by atoms with E-state index in [0.717, 1.165) is 0 Å². The minimum absolute atomic E-state index is 0.0410. The van der Waals surface area contributed by atoms with E-state index in [0.29, 0.717) is 56.3 Å². The monoisotopic (exact) mass is 510 g/mol. The Hall–Kier alpha value is -4.03. The molecule has 37 heavy (non-hydrogen) atoms. The third kappa shape index (κ3) is 4.98. The normalized spacial score (nSPS) is 16.9. The molecule has 2 aliphatic heterocycles. The van der Waals surface area contributed by atoms with Crippen LogP contribution < -0.4 is 20.7 Å². The number of carbonyl (C=O) groups is 2. The summed E-state index contributed by atoms with van der Waals surface area (Å²) >= 11 is 0. The third-order valence-electron chi connectivity index (χ3n) is 6.53. The fourth-order valence-electron chi connectivity index (χ4n) is 4.46. The molecule has 0 radical (unpaired) electrons. The van der Waals surface area contributed by atoms with Gasteiger partial charge in [0.15, 0.2) is 11.3 Å². The zero-order chi connectivity index (χ0) is 26.1. The first kappa shape index (κ1) is 24.7. The first-order valence-corrected chi connectivity index (χ1v) is 12.0. The first-order chi connectivity index (χ1) is 17.8. The molecule has 4 heterocycles. The number of piperazine rings is 1. The van der Waals surface area contributed by atoms with E-state index in [-0.39, 0.29) is 24.6 Å². The summed E-state index contributed by atoms with van der Waals surface area (Å²) in [4.78, 5) is 49.0. The van der Waals surface area contributed by atoms with Crippen molar-refractivity contribution in [3.05, 3.63) is 64.0 Å². The highest BCUT2D eigenvalue weighted by atomic mass is 19.1. The Morgan fingerprint density at radius 1 is 1.14 bits per heavy atom. The molecule has 12 heteroatoms. The number of benzene rings is 1. The lowest BCUT2D eigenvalue weighted by Crippen LogP contribution is -2.49. The second-order valence-corrected chi connectivity index (χ2v) is 9.08. The van der Waals surface area contributed by atoms with Crippen molar-refractivity contribution in [3.8, 4) is 5.75 Å². The van der Waals surface area contributed by atoms with Crippen LogP contribution in [-0.4, -0.2) is 84.2 Å². The van der Waals surface area contributed by atoms with Crippen LogP contribution in [-0.2, 0) is 16.1 Å². The molecule has 1 aromatic carbocycles. The molecule has 2 N–H and O–H groups in total. The van der Waals surface area contributed by atoms with Gasteiger partial charge < -0.3 is 25.0 Å². The maximum absolute atomic E-state index is 13.3. The number of aromatic nitrogens is 2. The van der Waals surface area contributed by atoms with Crippen LogP contribution in [0.5, 0.6) is 5.75 Å². The van der Waals surface area contributed by atoms with Gasteiger partial charge in [-0.15, -0.1) is 0 Å². The van der Waals surface area contributed by atoms with E-state index in [4.69, 9.17) is 4.74 Å². The molecule has 2 amide bonds. The molecule has 2 aliphatic rings. The zero-order valence-electron chi connectivity index (χ0n) is 20.3. The fourth-order valence-corrected chi connectivity index (χ4v) is 4.46. The maximum Gasteiger partial charge on any atom is 0.301 e. The van der Waals surface area contributed by atoms with Crippen LogP contribution in [0.15, 0.2) is 41.3 Å². The number of hydrogen-bond acceptors (Lipinski definition) is 8. The molecule has 0 unspecified atom stereocenters. The van der Waals surface area contributed by atoms with Crippen molar-refractivity contribution < 1.29 is 23.8 Å². The van der Waals surface area contributed by atoms with Gasteiger partial charge in [0.25, 0.3) is 5.91 Å². The second kappa shape index (κ2) is 10.1. The van der Waals surface area contributed by atoms with E-state index in [9.17, 15) is 23.9 Å². The number of halogens is 1. The van der Waals surface area contributed by atoms with Crippen molar-refractivity contribution in [1.82, 2.24) is 19.6 Å². The SMILES string of the molecule is CN1CCN(c2cc(N3CCOCC3)cn3c(=O)c(O)c(C(=O)NCc4ccc(F)cc4)nc23)C(=O)C1. The van der Waals surface area contributed by atoms with Gasteiger partial charge in [-0.2, -0.15) is 0 Å². The fraction of sp³-hybridized carbons (Fsp3) is 0.360. The molecule has 0 spiro atoms. The number of rotatable bonds is 5. The minimum Gasteiger partial charge on any atom is -0.501 e. The highest BCUT2D eigenvalue weighted by Crippen LogP contribution is 2.29. The maximum atomic E-state index is 13.3.